The molecule has 0 radical (unpaired) electrons. The quantitative estimate of drug-likeness (QED) is 0.592. The molecule has 2 aromatic rings. The molecule has 8 nitrogen and oxygen atoms in total. The molecule has 5 atom stereocenters. The van der Waals surface area contributed by atoms with Gasteiger partial charge in [0.25, 0.3) is 0 Å². The van der Waals surface area contributed by atoms with Crippen LogP contribution in [0.5, 0.6) is 5.75 Å². The third-order valence-corrected chi connectivity index (χ3v) is 7.43. The van der Waals surface area contributed by atoms with Gasteiger partial charge in [-0.05, 0) is 49.9 Å². The zero-order valence-electron chi connectivity index (χ0n) is 21.4. The van der Waals surface area contributed by atoms with Crippen molar-refractivity contribution in [2.75, 3.05) is 0 Å². The number of alkyl halides is 3. The predicted molar refractivity (Wildman–Crippen MR) is 135 cm³/mol. The molecule has 11 heteroatoms. The molecule has 0 spiro atoms. The number of para-hydroxylation sites is 1. The van der Waals surface area contributed by atoms with Gasteiger partial charge in [-0.3, -0.25) is 14.5 Å². The van der Waals surface area contributed by atoms with Gasteiger partial charge in [-0.1, -0.05) is 30.3 Å². The lowest BCUT2D eigenvalue weighted by Gasteiger charge is -2.38. The summed E-state index contributed by atoms with van der Waals surface area (Å²) in [6, 6.07) is 13.6. The molecule has 2 aliphatic heterocycles. The van der Waals surface area contributed by atoms with Gasteiger partial charge in [0.2, 0.25) is 11.8 Å². The number of nitrogens with one attached hydrogen (secondary N) is 1. The Balaban J connectivity index is 1.42. The number of amides is 2. The van der Waals surface area contributed by atoms with Crippen LogP contribution in [0.1, 0.15) is 61.9 Å². The molecule has 3 aliphatic rings. The van der Waals surface area contributed by atoms with Crippen LogP contribution in [0.3, 0.4) is 0 Å². The number of halogens is 3. The number of carbonyl (C=O) groups is 2. The lowest BCUT2D eigenvalue weighted by molar-refractivity contribution is -0.201. The summed E-state index contributed by atoms with van der Waals surface area (Å²) in [5.41, 5.74) is 7.09. The molecule has 39 heavy (non-hydrogen) atoms. The van der Waals surface area contributed by atoms with Gasteiger partial charge in [-0.15, -0.1) is 0 Å². The highest BCUT2D eigenvalue weighted by atomic mass is 19.4. The SMILES string of the molecule is CC1(C)CC(=O)N(C(c2cccc(C#N)c2)[C@H]2C[C@@H]2C(=O)N[C@H]2C[C@@H](C(F)(F)F)Oc3ccccc32)C(N)=N1. The number of aliphatic imine (C=N–C) groups is 1. The van der Waals surface area contributed by atoms with Crippen LogP contribution < -0.4 is 15.8 Å². The van der Waals surface area contributed by atoms with E-state index in [1.165, 1.54) is 11.0 Å². The molecule has 2 amide bonds. The van der Waals surface area contributed by atoms with Crippen molar-refractivity contribution in [2.45, 2.75) is 63.0 Å². The van der Waals surface area contributed by atoms with E-state index in [2.05, 4.69) is 16.4 Å². The van der Waals surface area contributed by atoms with Crippen LogP contribution in [0.2, 0.25) is 0 Å². The number of ether oxygens (including phenoxy) is 1. The second-order valence-electron chi connectivity index (χ2n) is 10.9. The van der Waals surface area contributed by atoms with Gasteiger partial charge >= 0.3 is 6.18 Å². The summed E-state index contributed by atoms with van der Waals surface area (Å²) >= 11 is 0. The molecule has 3 N–H and O–H groups in total. The lowest BCUT2D eigenvalue weighted by Crippen LogP contribution is -2.52. The van der Waals surface area contributed by atoms with Crippen LogP contribution in [0.4, 0.5) is 13.2 Å². The number of guanidine groups is 1. The van der Waals surface area contributed by atoms with Gasteiger partial charge in [-0.2, -0.15) is 18.4 Å². The molecular formula is C28H28F3N5O3. The van der Waals surface area contributed by atoms with Crippen molar-refractivity contribution in [3.8, 4) is 11.8 Å². The summed E-state index contributed by atoms with van der Waals surface area (Å²) in [7, 11) is 0. The predicted octanol–water partition coefficient (Wildman–Crippen LogP) is 4.13. The van der Waals surface area contributed by atoms with Crippen LogP contribution >= 0.6 is 0 Å². The van der Waals surface area contributed by atoms with E-state index in [4.69, 9.17) is 10.5 Å². The maximum Gasteiger partial charge on any atom is 0.425 e. The molecule has 204 valence electrons. The fraction of sp³-hybridized carbons (Fsp3) is 0.429. The van der Waals surface area contributed by atoms with Gasteiger partial charge in [0.15, 0.2) is 12.1 Å². The van der Waals surface area contributed by atoms with E-state index in [-0.39, 0.29) is 30.0 Å². The van der Waals surface area contributed by atoms with Gasteiger partial charge in [0.05, 0.1) is 35.7 Å². The number of nitrogens with zero attached hydrogens (tertiary/aromatic N) is 3. The maximum atomic E-state index is 13.5. The molecule has 1 aliphatic carbocycles. The monoisotopic (exact) mass is 539 g/mol. The van der Waals surface area contributed by atoms with Crippen LogP contribution in [0.15, 0.2) is 53.5 Å². The molecule has 0 bridgehead atoms. The fourth-order valence-corrected chi connectivity index (χ4v) is 5.56. The Hall–Kier alpha value is -4.07. The van der Waals surface area contributed by atoms with Crippen LogP contribution in [0.25, 0.3) is 0 Å². The van der Waals surface area contributed by atoms with Crippen molar-refractivity contribution in [1.29, 1.82) is 5.26 Å². The van der Waals surface area contributed by atoms with Gasteiger partial charge in [-0.25, -0.2) is 4.99 Å². The topological polar surface area (TPSA) is 121 Å². The first kappa shape index (κ1) is 26.5. The largest absolute Gasteiger partial charge is 0.480 e. The highest BCUT2D eigenvalue weighted by molar-refractivity contribution is 5.99. The number of rotatable bonds is 5. The Morgan fingerprint density at radius 3 is 2.67 bits per heavy atom. The first-order chi connectivity index (χ1) is 18.4. The van der Waals surface area contributed by atoms with Gasteiger partial charge in [0, 0.05) is 17.9 Å². The minimum atomic E-state index is -4.59. The van der Waals surface area contributed by atoms with Crippen molar-refractivity contribution in [3.63, 3.8) is 0 Å². The Kier molecular flexibility index (Phi) is 6.53. The third-order valence-electron chi connectivity index (χ3n) is 7.43. The smallest absolute Gasteiger partial charge is 0.425 e. The van der Waals surface area contributed by atoms with Gasteiger partial charge in [0.1, 0.15) is 5.75 Å². The van der Waals surface area contributed by atoms with Crippen molar-refractivity contribution < 1.29 is 27.5 Å². The summed E-state index contributed by atoms with van der Waals surface area (Å²) in [6.07, 6.45) is -6.57. The lowest BCUT2D eigenvalue weighted by atomic mass is 9.93. The average Bonchev–Trinajstić information content (AvgIpc) is 3.65. The molecule has 1 unspecified atom stereocenters. The third kappa shape index (κ3) is 5.28. The summed E-state index contributed by atoms with van der Waals surface area (Å²) < 4.78 is 45.8. The van der Waals surface area contributed by atoms with Crippen LogP contribution in [-0.4, -0.2) is 40.5 Å². The van der Waals surface area contributed by atoms with Crippen molar-refractivity contribution in [2.24, 2.45) is 22.6 Å². The molecule has 5 rings (SSSR count). The van der Waals surface area contributed by atoms with E-state index in [9.17, 15) is 28.0 Å². The Morgan fingerprint density at radius 2 is 1.97 bits per heavy atom. The summed E-state index contributed by atoms with van der Waals surface area (Å²) in [5.74, 6) is -1.50. The summed E-state index contributed by atoms with van der Waals surface area (Å²) in [5, 5.41) is 12.2. The van der Waals surface area contributed by atoms with E-state index in [0.717, 1.165) is 0 Å². The number of benzene rings is 2. The highest BCUT2D eigenvalue weighted by Gasteiger charge is 2.54. The summed E-state index contributed by atoms with van der Waals surface area (Å²) in [6.45, 7) is 3.60. The van der Waals surface area contributed by atoms with Crippen LogP contribution in [0, 0.1) is 23.2 Å². The molecule has 0 saturated heterocycles. The van der Waals surface area contributed by atoms with E-state index >= 15 is 0 Å². The Labute approximate surface area is 223 Å². The van der Waals surface area contributed by atoms with Crippen molar-refractivity contribution >= 4 is 17.8 Å². The normalized spacial score (nSPS) is 26.4. The number of hydrogen-bond donors (Lipinski definition) is 2. The zero-order chi connectivity index (χ0) is 28.1. The number of fused-ring (bicyclic) bond motifs is 1. The van der Waals surface area contributed by atoms with E-state index < -0.39 is 48.1 Å². The molecule has 0 aromatic heterocycles. The average molecular weight is 540 g/mol. The molecule has 2 aromatic carbocycles. The minimum absolute atomic E-state index is 0.0287. The zero-order valence-corrected chi connectivity index (χ0v) is 21.4. The second kappa shape index (κ2) is 9.59. The Bertz CT molecular complexity index is 1380. The van der Waals surface area contributed by atoms with E-state index in [0.29, 0.717) is 23.1 Å². The minimum Gasteiger partial charge on any atom is -0.480 e. The van der Waals surface area contributed by atoms with E-state index in [1.54, 1.807) is 56.3 Å². The van der Waals surface area contributed by atoms with Gasteiger partial charge < -0.3 is 15.8 Å². The number of hydrogen-bond acceptors (Lipinski definition) is 6. The fourth-order valence-electron chi connectivity index (χ4n) is 5.56. The maximum absolute atomic E-state index is 13.5. The molecule has 2 heterocycles. The van der Waals surface area contributed by atoms with Crippen LogP contribution in [-0.2, 0) is 9.59 Å². The number of carbonyl (C=O) groups excluding carboxylic acids is 2. The van der Waals surface area contributed by atoms with Crippen molar-refractivity contribution in [1.82, 2.24) is 10.2 Å². The number of nitrogens with two attached hydrogens (primary N) is 1. The first-order valence-corrected chi connectivity index (χ1v) is 12.7. The second-order valence-corrected chi connectivity index (χ2v) is 10.9. The van der Waals surface area contributed by atoms with E-state index in [1.807, 2.05) is 0 Å². The van der Waals surface area contributed by atoms with Crippen molar-refractivity contribution in [3.05, 3.63) is 65.2 Å². The summed E-state index contributed by atoms with van der Waals surface area (Å²) in [4.78, 5) is 32.5. The standard InChI is InChI=1S/C28H28F3N5O3/c1-27(2)13-23(37)36(26(33)35-27)24(16-7-5-6-15(10-16)14-32)18-11-19(18)25(38)34-20-12-22(28(29,30)31)39-21-9-4-3-8-17(20)21/h3-10,18-20,22,24H,11-13H2,1-2H3,(H2,33,35)(H,34,38)/t18-,19-,20-,22-,24?/m0/s1. The highest BCUT2D eigenvalue weighted by Crippen LogP contribution is 2.52. The Morgan fingerprint density at radius 1 is 1.23 bits per heavy atom. The number of nitriles is 1. The molecular weight excluding hydrogens is 511 g/mol. The first-order valence-electron chi connectivity index (χ1n) is 12.7. The molecule has 1 fully saturated rings. The molecule has 1 saturated carbocycles.